The fourth-order valence-corrected chi connectivity index (χ4v) is 5.23. The van der Waals surface area contributed by atoms with Gasteiger partial charge in [0.05, 0.1) is 11.8 Å². The smallest absolute Gasteiger partial charge is 0.307 e. The standard InChI is InChI=1S/C20H25FN2O3/c21-16-3-1-2-13(10-16)12-22-6-8-23(9-7-22)19(24)17-14-4-5-15(11-14)18(17)20(25)26/h1-3,10,14-15,17-18H,4-9,11-12H2,(H,25,26)/t14-,15+,17-,18-/m0/s1. The van der Waals surface area contributed by atoms with Crippen LogP contribution in [-0.2, 0) is 16.1 Å². The Kier molecular flexibility index (Phi) is 4.69. The molecule has 0 aromatic heterocycles. The predicted molar refractivity (Wildman–Crippen MR) is 93.7 cm³/mol. The summed E-state index contributed by atoms with van der Waals surface area (Å²) in [5.74, 6) is -1.39. The molecule has 0 spiro atoms. The summed E-state index contributed by atoms with van der Waals surface area (Å²) in [6.07, 6.45) is 2.84. The molecule has 5 nitrogen and oxygen atoms in total. The highest BCUT2D eigenvalue weighted by Gasteiger charge is 2.54. The number of carbonyl (C=O) groups is 2. The lowest BCUT2D eigenvalue weighted by molar-refractivity contribution is -0.153. The molecule has 1 aromatic carbocycles. The quantitative estimate of drug-likeness (QED) is 0.894. The van der Waals surface area contributed by atoms with Gasteiger partial charge in [-0.2, -0.15) is 0 Å². The Balaban J connectivity index is 1.36. The van der Waals surface area contributed by atoms with Crippen molar-refractivity contribution < 1.29 is 19.1 Å². The van der Waals surface area contributed by atoms with Crippen molar-refractivity contribution in [3.05, 3.63) is 35.6 Å². The van der Waals surface area contributed by atoms with Crippen molar-refractivity contribution >= 4 is 11.9 Å². The SMILES string of the molecule is O=C(O)[C@H]1[C@@H]2CC[C@@H](C2)[C@@H]1C(=O)N1CCN(Cc2cccc(F)c2)CC1. The lowest BCUT2D eigenvalue weighted by atomic mass is 9.78. The van der Waals surface area contributed by atoms with Gasteiger partial charge in [-0.3, -0.25) is 14.5 Å². The van der Waals surface area contributed by atoms with E-state index in [-0.39, 0.29) is 29.5 Å². The first-order valence-electron chi connectivity index (χ1n) is 9.51. The average Bonchev–Trinajstić information content (AvgIpc) is 3.23. The van der Waals surface area contributed by atoms with Crippen LogP contribution in [-0.4, -0.2) is 53.0 Å². The van der Waals surface area contributed by atoms with Crippen LogP contribution >= 0.6 is 0 Å². The van der Waals surface area contributed by atoms with Crippen molar-refractivity contribution in [1.82, 2.24) is 9.80 Å². The molecule has 0 radical (unpaired) electrons. The van der Waals surface area contributed by atoms with E-state index in [1.807, 2.05) is 11.0 Å². The molecular formula is C20H25FN2O3. The summed E-state index contributed by atoms with van der Waals surface area (Å²) in [4.78, 5) is 28.7. The maximum absolute atomic E-state index is 13.3. The third-order valence-corrected chi connectivity index (χ3v) is 6.47. The second-order valence-corrected chi connectivity index (χ2v) is 7.95. The van der Waals surface area contributed by atoms with Gasteiger partial charge < -0.3 is 10.0 Å². The first kappa shape index (κ1) is 17.5. The maximum Gasteiger partial charge on any atom is 0.307 e. The van der Waals surface area contributed by atoms with Gasteiger partial charge in [0.2, 0.25) is 5.91 Å². The number of aliphatic carboxylic acids is 1. The summed E-state index contributed by atoms with van der Waals surface area (Å²) >= 11 is 0. The number of carboxylic acid groups (broad SMARTS) is 1. The molecule has 1 heterocycles. The zero-order valence-electron chi connectivity index (χ0n) is 14.8. The summed E-state index contributed by atoms with van der Waals surface area (Å²) in [6.45, 7) is 3.38. The first-order valence-corrected chi connectivity index (χ1v) is 9.51. The minimum atomic E-state index is -0.805. The van der Waals surface area contributed by atoms with Gasteiger partial charge in [0.1, 0.15) is 5.82 Å². The maximum atomic E-state index is 13.3. The lowest BCUT2D eigenvalue weighted by Crippen LogP contribution is -2.52. The Morgan fingerprint density at radius 1 is 1.08 bits per heavy atom. The summed E-state index contributed by atoms with van der Waals surface area (Å²) in [6, 6.07) is 6.61. The van der Waals surface area contributed by atoms with Crippen LogP contribution in [0.25, 0.3) is 0 Å². The summed E-state index contributed by atoms with van der Waals surface area (Å²) in [5, 5.41) is 9.57. The predicted octanol–water partition coefficient (Wildman–Crippen LogP) is 2.22. The molecule has 4 atom stereocenters. The van der Waals surface area contributed by atoms with Crippen molar-refractivity contribution in [3.63, 3.8) is 0 Å². The molecule has 26 heavy (non-hydrogen) atoms. The summed E-state index contributed by atoms with van der Waals surface area (Å²) < 4.78 is 13.3. The zero-order chi connectivity index (χ0) is 18.3. The van der Waals surface area contributed by atoms with Crippen molar-refractivity contribution in [2.24, 2.45) is 23.7 Å². The topological polar surface area (TPSA) is 60.9 Å². The van der Waals surface area contributed by atoms with Gasteiger partial charge in [-0.05, 0) is 48.8 Å². The average molecular weight is 360 g/mol. The van der Waals surface area contributed by atoms with Crippen LogP contribution in [0.1, 0.15) is 24.8 Å². The Hall–Kier alpha value is -1.95. The fourth-order valence-electron chi connectivity index (χ4n) is 5.23. The first-order chi connectivity index (χ1) is 12.5. The highest BCUT2D eigenvalue weighted by atomic mass is 19.1. The molecule has 3 fully saturated rings. The Morgan fingerprint density at radius 3 is 2.42 bits per heavy atom. The largest absolute Gasteiger partial charge is 0.481 e. The highest BCUT2D eigenvalue weighted by molar-refractivity contribution is 5.86. The van der Waals surface area contributed by atoms with Gasteiger partial charge in [0.15, 0.2) is 0 Å². The van der Waals surface area contributed by atoms with E-state index in [1.165, 1.54) is 6.07 Å². The number of rotatable bonds is 4. The minimum absolute atomic E-state index is 0.0370. The van der Waals surface area contributed by atoms with Gasteiger partial charge in [0.25, 0.3) is 0 Å². The molecule has 1 amide bonds. The van der Waals surface area contributed by atoms with Crippen LogP contribution < -0.4 is 0 Å². The van der Waals surface area contributed by atoms with Crippen LogP contribution in [0.4, 0.5) is 4.39 Å². The van der Waals surface area contributed by atoms with Crippen molar-refractivity contribution in [2.75, 3.05) is 26.2 Å². The van der Waals surface area contributed by atoms with Gasteiger partial charge in [-0.25, -0.2) is 4.39 Å². The molecule has 140 valence electrons. The Bertz CT molecular complexity index is 702. The number of nitrogens with zero attached hydrogens (tertiary/aromatic N) is 2. The van der Waals surface area contributed by atoms with E-state index >= 15 is 0 Å². The molecule has 4 rings (SSSR count). The van der Waals surface area contributed by atoms with Gasteiger partial charge in [0, 0.05) is 32.7 Å². The molecule has 1 N–H and O–H groups in total. The van der Waals surface area contributed by atoms with E-state index in [4.69, 9.17) is 0 Å². The summed E-state index contributed by atoms with van der Waals surface area (Å²) in [7, 11) is 0. The molecule has 6 heteroatoms. The van der Waals surface area contributed by atoms with E-state index in [2.05, 4.69) is 4.90 Å². The molecule has 2 bridgehead atoms. The molecule has 2 saturated carbocycles. The fraction of sp³-hybridized carbons (Fsp3) is 0.600. The van der Waals surface area contributed by atoms with Crippen LogP contribution in [0.15, 0.2) is 24.3 Å². The highest BCUT2D eigenvalue weighted by Crippen LogP contribution is 2.53. The van der Waals surface area contributed by atoms with Crippen LogP contribution in [0.5, 0.6) is 0 Å². The third kappa shape index (κ3) is 3.22. The molecule has 1 aromatic rings. The monoisotopic (exact) mass is 360 g/mol. The molecule has 1 saturated heterocycles. The number of halogens is 1. The number of hydrogen-bond donors (Lipinski definition) is 1. The molecule has 2 aliphatic carbocycles. The van der Waals surface area contributed by atoms with E-state index in [0.717, 1.165) is 37.9 Å². The normalized spacial score (nSPS) is 31.3. The molecular weight excluding hydrogens is 335 g/mol. The minimum Gasteiger partial charge on any atom is -0.481 e. The van der Waals surface area contributed by atoms with Gasteiger partial charge in [-0.15, -0.1) is 0 Å². The van der Waals surface area contributed by atoms with Crippen molar-refractivity contribution in [3.8, 4) is 0 Å². The molecule has 0 unspecified atom stereocenters. The van der Waals surface area contributed by atoms with Crippen molar-refractivity contribution in [2.45, 2.75) is 25.8 Å². The number of benzene rings is 1. The second kappa shape index (κ2) is 6.99. The number of carboxylic acids is 1. The zero-order valence-corrected chi connectivity index (χ0v) is 14.8. The van der Waals surface area contributed by atoms with E-state index in [1.54, 1.807) is 12.1 Å². The van der Waals surface area contributed by atoms with Crippen LogP contribution in [0, 0.1) is 29.5 Å². The Morgan fingerprint density at radius 2 is 1.77 bits per heavy atom. The van der Waals surface area contributed by atoms with Gasteiger partial charge >= 0.3 is 5.97 Å². The van der Waals surface area contributed by atoms with Crippen molar-refractivity contribution in [1.29, 1.82) is 0 Å². The van der Waals surface area contributed by atoms with Gasteiger partial charge in [-0.1, -0.05) is 12.1 Å². The number of fused-ring (bicyclic) bond motifs is 2. The van der Waals surface area contributed by atoms with Crippen LogP contribution in [0.2, 0.25) is 0 Å². The van der Waals surface area contributed by atoms with E-state index in [0.29, 0.717) is 19.6 Å². The molecule has 1 aliphatic heterocycles. The van der Waals surface area contributed by atoms with E-state index < -0.39 is 11.9 Å². The second-order valence-electron chi connectivity index (χ2n) is 7.95. The van der Waals surface area contributed by atoms with E-state index in [9.17, 15) is 19.1 Å². The number of hydrogen-bond acceptors (Lipinski definition) is 3. The summed E-state index contributed by atoms with van der Waals surface area (Å²) in [5.41, 5.74) is 0.934. The third-order valence-electron chi connectivity index (χ3n) is 6.47. The number of amides is 1. The lowest BCUT2D eigenvalue weighted by Gasteiger charge is -2.38. The number of carbonyl (C=O) groups excluding carboxylic acids is 1. The Labute approximate surface area is 152 Å². The molecule has 3 aliphatic rings. The number of piperazine rings is 1. The van der Waals surface area contributed by atoms with Crippen LogP contribution in [0.3, 0.4) is 0 Å².